The first kappa shape index (κ1) is 21.1. The van der Waals surface area contributed by atoms with E-state index in [-0.39, 0.29) is 11.9 Å². The number of aryl methyl sites for hydroxylation is 2. The molecule has 0 spiro atoms. The molecular formula is C27H31ClN4O. The smallest absolute Gasteiger partial charge is 0.237 e. The number of hydrogen-bond donors (Lipinski definition) is 0. The zero-order valence-electron chi connectivity index (χ0n) is 19.3. The van der Waals surface area contributed by atoms with Crippen LogP contribution in [0.4, 0.5) is 5.69 Å². The first-order valence-corrected chi connectivity index (χ1v) is 12.6. The number of nitrogens with zero attached hydrogens (tertiary/aromatic N) is 4. The highest BCUT2D eigenvalue weighted by Crippen LogP contribution is 2.42. The van der Waals surface area contributed by atoms with Crippen LogP contribution in [0.1, 0.15) is 35.7 Å². The lowest BCUT2D eigenvalue weighted by Gasteiger charge is -2.42. The molecule has 1 aromatic heterocycles. The second-order valence-corrected chi connectivity index (χ2v) is 10.2. The normalized spacial score (nSPS) is 20.8. The summed E-state index contributed by atoms with van der Waals surface area (Å²) in [6, 6.07) is 15.1. The molecule has 1 atom stereocenters. The number of fused-ring (bicyclic) bond motifs is 3. The van der Waals surface area contributed by atoms with E-state index < -0.39 is 0 Å². The van der Waals surface area contributed by atoms with E-state index in [2.05, 4.69) is 50.5 Å². The lowest BCUT2D eigenvalue weighted by atomic mass is 9.89. The molecule has 1 aliphatic carbocycles. The minimum atomic E-state index is 0.232. The molecule has 0 radical (unpaired) electrons. The fourth-order valence-corrected chi connectivity index (χ4v) is 6.32. The van der Waals surface area contributed by atoms with E-state index in [0.717, 1.165) is 63.6 Å². The van der Waals surface area contributed by atoms with Gasteiger partial charge < -0.3 is 14.4 Å². The second kappa shape index (κ2) is 8.37. The second-order valence-electron chi connectivity index (χ2n) is 9.77. The first-order chi connectivity index (χ1) is 16.1. The molecule has 172 valence electrons. The first-order valence-electron chi connectivity index (χ1n) is 12.2. The Morgan fingerprint density at radius 1 is 1.03 bits per heavy atom. The van der Waals surface area contributed by atoms with E-state index in [4.69, 9.17) is 11.6 Å². The zero-order chi connectivity index (χ0) is 22.5. The number of anilines is 1. The summed E-state index contributed by atoms with van der Waals surface area (Å²) in [7, 11) is 0. The Balaban J connectivity index is 1.16. The number of rotatable bonds is 3. The summed E-state index contributed by atoms with van der Waals surface area (Å²) in [4.78, 5) is 20.4. The average Bonchev–Trinajstić information content (AvgIpc) is 3.14. The predicted octanol–water partition coefficient (Wildman–Crippen LogP) is 4.64. The van der Waals surface area contributed by atoms with Gasteiger partial charge in [0.25, 0.3) is 0 Å². The number of hydrogen-bond acceptors (Lipinski definition) is 3. The van der Waals surface area contributed by atoms with Crippen LogP contribution in [0.2, 0.25) is 5.02 Å². The minimum absolute atomic E-state index is 0.232. The Bertz CT molecular complexity index is 1210. The molecule has 0 N–H and O–H groups in total. The van der Waals surface area contributed by atoms with Gasteiger partial charge in [-0.2, -0.15) is 0 Å². The van der Waals surface area contributed by atoms with Crippen LogP contribution in [-0.4, -0.2) is 59.5 Å². The van der Waals surface area contributed by atoms with Gasteiger partial charge in [-0.25, -0.2) is 0 Å². The summed E-state index contributed by atoms with van der Waals surface area (Å²) in [5.41, 5.74) is 6.72. The van der Waals surface area contributed by atoms with Crippen molar-refractivity contribution in [1.82, 2.24) is 14.4 Å². The Kier molecular flexibility index (Phi) is 5.34. The molecule has 0 saturated carbocycles. The summed E-state index contributed by atoms with van der Waals surface area (Å²) in [6.07, 6.45) is 3.37. The van der Waals surface area contributed by atoms with Crippen LogP contribution in [0, 0.1) is 6.92 Å². The molecule has 6 heteroatoms. The summed E-state index contributed by atoms with van der Waals surface area (Å²) in [5.74, 6) is 0.289. The maximum atomic E-state index is 13.5. The highest BCUT2D eigenvalue weighted by molar-refractivity contribution is 6.30. The third kappa shape index (κ3) is 3.71. The van der Waals surface area contributed by atoms with Gasteiger partial charge in [0.15, 0.2) is 0 Å². The van der Waals surface area contributed by atoms with Crippen LogP contribution in [-0.2, 0) is 17.8 Å². The molecule has 3 aliphatic rings. The maximum Gasteiger partial charge on any atom is 0.237 e. The van der Waals surface area contributed by atoms with Crippen LogP contribution >= 0.6 is 11.6 Å². The summed E-state index contributed by atoms with van der Waals surface area (Å²) >= 11 is 6.17. The Morgan fingerprint density at radius 3 is 2.70 bits per heavy atom. The molecule has 0 unspecified atom stereocenters. The SMILES string of the molecule is Cc1ccc2c(c1)c1c3n2CCN(C(=O)CN2CCN(c4cccc(Cl)c4)CC2)[C@H]3CCC1. The molecule has 0 bridgehead atoms. The largest absolute Gasteiger partial charge is 0.369 e. The van der Waals surface area contributed by atoms with Crippen molar-refractivity contribution in [3.8, 4) is 0 Å². The van der Waals surface area contributed by atoms with E-state index in [1.165, 1.54) is 33.4 Å². The van der Waals surface area contributed by atoms with Crippen molar-refractivity contribution in [3.05, 3.63) is 64.3 Å². The number of amides is 1. The van der Waals surface area contributed by atoms with Gasteiger partial charge in [-0.1, -0.05) is 29.3 Å². The van der Waals surface area contributed by atoms with Crippen LogP contribution in [0.5, 0.6) is 0 Å². The predicted molar refractivity (Wildman–Crippen MR) is 134 cm³/mol. The summed E-state index contributed by atoms with van der Waals surface area (Å²) in [6.45, 7) is 8.07. The Morgan fingerprint density at radius 2 is 1.88 bits per heavy atom. The van der Waals surface area contributed by atoms with Crippen molar-refractivity contribution >= 4 is 34.1 Å². The molecule has 2 aromatic carbocycles. The monoisotopic (exact) mass is 462 g/mol. The topological polar surface area (TPSA) is 31.7 Å². The molecule has 6 rings (SSSR count). The van der Waals surface area contributed by atoms with Crippen LogP contribution < -0.4 is 4.90 Å². The van der Waals surface area contributed by atoms with Gasteiger partial charge in [0, 0.05) is 66.6 Å². The van der Waals surface area contributed by atoms with E-state index >= 15 is 0 Å². The van der Waals surface area contributed by atoms with E-state index in [1.807, 2.05) is 18.2 Å². The molecule has 1 fully saturated rings. The summed E-state index contributed by atoms with van der Waals surface area (Å²) in [5, 5.41) is 2.18. The van der Waals surface area contributed by atoms with Gasteiger partial charge in [-0.3, -0.25) is 9.69 Å². The number of halogens is 1. The molecule has 1 amide bonds. The van der Waals surface area contributed by atoms with Crippen LogP contribution in [0.3, 0.4) is 0 Å². The molecule has 5 nitrogen and oxygen atoms in total. The third-order valence-corrected chi connectivity index (χ3v) is 7.99. The lowest BCUT2D eigenvalue weighted by Crippen LogP contribution is -2.52. The van der Waals surface area contributed by atoms with Crippen molar-refractivity contribution < 1.29 is 4.79 Å². The molecule has 1 saturated heterocycles. The molecule has 3 aromatic rings. The number of aromatic nitrogens is 1. The number of piperazine rings is 1. The van der Waals surface area contributed by atoms with Gasteiger partial charge in [-0.15, -0.1) is 0 Å². The van der Waals surface area contributed by atoms with Crippen molar-refractivity contribution in [1.29, 1.82) is 0 Å². The maximum absolute atomic E-state index is 13.5. The van der Waals surface area contributed by atoms with E-state index in [0.29, 0.717) is 6.54 Å². The van der Waals surface area contributed by atoms with E-state index in [1.54, 1.807) is 0 Å². The fourth-order valence-electron chi connectivity index (χ4n) is 6.14. The lowest BCUT2D eigenvalue weighted by molar-refractivity contribution is -0.136. The van der Waals surface area contributed by atoms with Gasteiger partial charge in [-0.05, 0) is 62.1 Å². The van der Waals surface area contributed by atoms with Gasteiger partial charge in [0.05, 0.1) is 12.6 Å². The standard InChI is InChI=1S/C27H31ClN4O/c1-19-8-9-24-23(16-19)22-6-3-7-25-27(22)32(24)15-14-31(25)26(33)18-29-10-12-30(13-11-29)21-5-2-4-20(28)17-21/h2,4-5,8-9,16-17,25H,3,6-7,10-15,18H2,1H3/t25-/m0/s1. The number of benzene rings is 2. The van der Waals surface area contributed by atoms with Crippen molar-refractivity contribution in [3.63, 3.8) is 0 Å². The minimum Gasteiger partial charge on any atom is -0.369 e. The van der Waals surface area contributed by atoms with Crippen LogP contribution in [0.25, 0.3) is 10.9 Å². The quantitative estimate of drug-likeness (QED) is 0.568. The Hall–Kier alpha value is -2.50. The van der Waals surface area contributed by atoms with Gasteiger partial charge in [0.2, 0.25) is 5.91 Å². The Labute approximate surface area is 200 Å². The van der Waals surface area contributed by atoms with Gasteiger partial charge >= 0.3 is 0 Å². The highest BCUT2D eigenvalue weighted by atomic mass is 35.5. The molecule has 2 aliphatic heterocycles. The fraction of sp³-hybridized carbons (Fsp3) is 0.444. The van der Waals surface area contributed by atoms with Crippen molar-refractivity contribution in [2.24, 2.45) is 0 Å². The zero-order valence-corrected chi connectivity index (χ0v) is 20.0. The van der Waals surface area contributed by atoms with Gasteiger partial charge in [0.1, 0.15) is 0 Å². The highest BCUT2D eigenvalue weighted by Gasteiger charge is 2.37. The third-order valence-electron chi connectivity index (χ3n) is 7.75. The van der Waals surface area contributed by atoms with Crippen molar-refractivity contribution in [2.45, 2.75) is 38.8 Å². The molecule has 33 heavy (non-hydrogen) atoms. The number of carbonyl (C=O) groups is 1. The van der Waals surface area contributed by atoms with Crippen molar-refractivity contribution in [2.75, 3.05) is 44.2 Å². The molecule has 3 heterocycles. The average molecular weight is 463 g/mol. The summed E-state index contributed by atoms with van der Waals surface area (Å²) < 4.78 is 2.50. The van der Waals surface area contributed by atoms with E-state index in [9.17, 15) is 4.79 Å². The number of carbonyl (C=O) groups excluding carboxylic acids is 1. The molecular weight excluding hydrogens is 432 g/mol. The van der Waals surface area contributed by atoms with Crippen LogP contribution in [0.15, 0.2) is 42.5 Å².